The predicted molar refractivity (Wildman–Crippen MR) is 110 cm³/mol. The van der Waals surface area contributed by atoms with Gasteiger partial charge in [0.05, 0.1) is 0 Å². The molecule has 0 spiro atoms. The second kappa shape index (κ2) is 6.99. The topological polar surface area (TPSA) is 35.5 Å². The van der Waals surface area contributed by atoms with Gasteiger partial charge in [-0.05, 0) is 33.2 Å². The zero-order chi connectivity index (χ0) is 18.1. The van der Waals surface area contributed by atoms with Crippen LogP contribution in [0.15, 0.2) is 54.6 Å². The molecule has 3 aromatic carbocycles. The quantitative estimate of drug-likeness (QED) is 0.701. The summed E-state index contributed by atoms with van der Waals surface area (Å²) in [5.41, 5.74) is 1.13. The maximum Gasteiger partial charge on any atom is 0.0500 e. The molecule has 26 heavy (non-hydrogen) atoms. The van der Waals surface area contributed by atoms with Crippen molar-refractivity contribution in [2.75, 3.05) is 32.8 Å². The van der Waals surface area contributed by atoms with Gasteiger partial charge in [0.2, 0.25) is 0 Å². The van der Waals surface area contributed by atoms with E-state index in [1.54, 1.807) is 0 Å². The minimum atomic E-state index is -0.232. The molecule has 0 amide bonds. The second-order valence-electron chi connectivity index (χ2n) is 8.07. The molecule has 0 radical (unpaired) electrons. The first kappa shape index (κ1) is 17.5. The summed E-state index contributed by atoms with van der Waals surface area (Å²) in [6.07, 6.45) is 0. The van der Waals surface area contributed by atoms with E-state index in [0.29, 0.717) is 0 Å². The minimum absolute atomic E-state index is 0.166. The normalized spacial score (nSPS) is 17.7. The molecule has 1 saturated heterocycles. The maximum absolute atomic E-state index is 10.3. The third-order valence-electron chi connectivity index (χ3n) is 5.75. The van der Waals surface area contributed by atoms with Crippen LogP contribution in [-0.4, -0.2) is 42.8 Å². The number of fused-ring (bicyclic) bond motifs is 2. The third kappa shape index (κ3) is 3.01. The van der Waals surface area contributed by atoms with E-state index in [9.17, 15) is 5.11 Å². The van der Waals surface area contributed by atoms with Gasteiger partial charge in [0.25, 0.3) is 0 Å². The molecule has 0 aromatic heterocycles. The van der Waals surface area contributed by atoms with Crippen LogP contribution in [0.2, 0.25) is 0 Å². The molecule has 0 saturated carbocycles. The van der Waals surface area contributed by atoms with Gasteiger partial charge in [0.1, 0.15) is 0 Å². The monoisotopic (exact) mass is 348 g/mol. The Morgan fingerprint density at radius 3 is 2.04 bits per heavy atom. The summed E-state index contributed by atoms with van der Waals surface area (Å²) in [6, 6.07) is 19.8. The SMILES string of the molecule is CC(C)(CO)[C@@H](c1c2ccccc2cc2ccccc12)N1CCNCC1. The number of aliphatic hydroxyl groups excluding tert-OH is 1. The number of nitrogens with zero attached hydrogens (tertiary/aromatic N) is 1. The lowest BCUT2D eigenvalue weighted by molar-refractivity contribution is 0.0320. The van der Waals surface area contributed by atoms with Crippen molar-refractivity contribution in [1.29, 1.82) is 0 Å². The van der Waals surface area contributed by atoms with Crippen molar-refractivity contribution in [3.8, 4) is 0 Å². The Balaban J connectivity index is 2.03. The average Bonchev–Trinajstić information content (AvgIpc) is 2.68. The Labute approximate surface area is 155 Å². The molecule has 1 aliphatic rings. The molecule has 3 nitrogen and oxygen atoms in total. The lowest BCUT2D eigenvalue weighted by Crippen LogP contribution is -2.49. The van der Waals surface area contributed by atoms with Crippen LogP contribution in [0.4, 0.5) is 0 Å². The molecule has 1 aliphatic heterocycles. The van der Waals surface area contributed by atoms with Crippen molar-refractivity contribution >= 4 is 21.5 Å². The summed E-state index contributed by atoms with van der Waals surface area (Å²) < 4.78 is 0. The van der Waals surface area contributed by atoms with Crippen LogP contribution in [0.1, 0.15) is 25.5 Å². The first-order valence-corrected chi connectivity index (χ1v) is 9.58. The maximum atomic E-state index is 10.3. The van der Waals surface area contributed by atoms with E-state index in [1.165, 1.54) is 27.1 Å². The summed E-state index contributed by atoms with van der Waals surface area (Å²) in [5.74, 6) is 0. The molecular formula is C23H28N2O. The molecule has 1 atom stereocenters. The van der Waals surface area contributed by atoms with Gasteiger partial charge in [-0.25, -0.2) is 0 Å². The van der Waals surface area contributed by atoms with Crippen LogP contribution in [0.25, 0.3) is 21.5 Å². The minimum Gasteiger partial charge on any atom is -0.396 e. The average molecular weight is 348 g/mol. The molecule has 0 unspecified atom stereocenters. The van der Waals surface area contributed by atoms with Crippen LogP contribution in [-0.2, 0) is 0 Å². The molecular weight excluding hydrogens is 320 g/mol. The molecule has 1 heterocycles. The number of benzene rings is 3. The highest BCUT2D eigenvalue weighted by atomic mass is 16.3. The fourth-order valence-electron chi connectivity index (χ4n) is 4.44. The fraction of sp³-hybridized carbons (Fsp3) is 0.391. The van der Waals surface area contributed by atoms with Crippen LogP contribution < -0.4 is 5.32 Å². The molecule has 1 fully saturated rings. The van der Waals surface area contributed by atoms with Gasteiger partial charge in [0.15, 0.2) is 0 Å². The zero-order valence-electron chi connectivity index (χ0n) is 15.7. The van der Waals surface area contributed by atoms with Gasteiger partial charge in [-0.15, -0.1) is 0 Å². The number of hydrogen-bond acceptors (Lipinski definition) is 3. The Kier molecular flexibility index (Phi) is 4.70. The second-order valence-corrected chi connectivity index (χ2v) is 8.07. The van der Waals surface area contributed by atoms with Gasteiger partial charge >= 0.3 is 0 Å². The lowest BCUT2D eigenvalue weighted by atomic mass is 9.76. The van der Waals surface area contributed by atoms with Crippen LogP contribution in [0, 0.1) is 5.41 Å². The Morgan fingerprint density at radius 2 is 1.50 bits per heavy atom. The highest BCUT2D eigenvalue weighted by molar-refractivity contribution is 6.02. The number of piperazine rings is 1. The van der Waals surface area contributed by atoms with Crippen LogP contribution in [0.5, 0.6) is 0 Å². The summed E-state index contributed by atoms with van der Waals surface area (Å²) in [6.45, 7) is 8.56. The smallest absolute Gasteiger partial charge is 0.0500 e. The summed E-state index contributed by atoms with van der Waals surface area (Å²) >= 11 is 0. The van der Waals surface area contributed by atoms with E-state index in [2.05, 4.69) is 78.7 Å². The lowest BCUT2D eigenvalue weighted by Gasteiger charge is -2.44. The van der Waals surface area contributed by atoms with E-state index < -0.39 is 0 Å². The van der Waals surface area contributed by atoms with Crippen LogP contribution >= 0.6 is 0 Å². The van der Waals surface area contributed by atoms with Crippen molar-refractivity contribution < 1.29 is 5.11 Å². The molecule has 4 rings (SSSR count). The van der Waals surface area contributed by atoms with Crippen molar-refractivity contribution in [2.24, 2.45) is 5.41 Å². The Hall–Kier alpha value is -1.94. The number of rotatable bonds is 4. The number of aliphatic hydroxyl groups is 1. The Morgan fingerprint density at radius 1 is 0.962 bits per heavy atom. The summed E-state index contributed by atoms with van der Waals surface area (Å²) in [4.78, 5) is 2.56. The van der Waals surface area contributed by atoms with E-state index in [4.69, 9.17) is 0 Å². The number of nitrogens with one attached hydrogen (secondary N) is 1. The van der Waals surface area contributed by atoms with E-state index in [-0.39, 0.29) is 18.1 Å². The summed E-state index contributed by atoms with van der Waals surface area (Å²) in [5, 5.41) is 18.9. The molecule has 0 bridgehead atoms. The zero-order valence-corrected chi connectivity index (χ0v) is 15.7. The first-order chi connectivity index (χ1) is 12.6. The molecule has 136 valence electrons. The van der Waals surface area contributed by atoms with E-state index >= 15 is 0 Å². The molecule has 3 heteroatoms. The number of hydrogen-bond donors (Lipinski definition) is 2. The van der Waals surface area contributed by atoms with Gasteiger partial charge < -0.3 is 10.4 Å². The Bertz CT molecular complexity index is 858. The van der Waals surface area contributed by atoms with Crippen LogP contribution in [0.3, 0.4) is 0 Å². The van der Waals surface area contributed by atoms with Crippen molar-refractivity contribution in [2.45, 2.75) is 19.9 Å². The largest absolute Gasteiger partial charge is 0.396 e. The highest BCUT2D eigenvalue weighted by Crippen LogP contribution is 2.44. The van der Waals surface area contributed by atoms with E-state index in [0.717, 1.165) is 26.2 Å². The fourth-order valence-corrected chi connectivity index (χ4v) is 4.44. The van der Waals surface area contributed by atoms with Gasteiger partial charge in [0, 0.05) is 44.2 Å². The molecule has 2 N–H and O–H groups in total. The van der Waals surface area contributed by atoms with Crippen molar-refractivity contribution in [1.82, 2.24) is 10.2 Å². The van der Waals surface area contributed by atoms with Crippen molar-refractivity contribution in [3.05, 3.63) is 60.2 Å². The molecule has 0 aliphatic carbocycles. The summed E-state index contributed by atoms with van der Waals surface area (Å²) in [7, 11) is 0. The molecule has 3 aromatic rings. The third-order valence-corrected chi connectivity index (χ3v) is 5.75. The van der Waals surface area contributed by atoms with Gasteiger partial charge in [-0.2, -0.15) is 0 Å². The van der Waals surface area contributed by atoms with Gasteiger partial charge in [-0.1, -0.05) is 62.4 Å². The predicted octanol–water partition coefficient (Wildman–Crippen LogP) is 3.96. The van der Waals surface area contributed by atoms with E-state index in [1.807, 2.05) is 0 Å². The standard InChI is InChI=1S/C23H28N2O/c1-23(2,16-26)22(25-13-11-24-12-14-25)21-19-9-5-3-7-17(19)15-18-8-4-6-10-20(18)21/h3-10,15,22,24,26H,11-14,16H2,1-2H3/t22-/m1/s1. The first-order valence-electron chi connectivity index (χ1n) is 9.58. The highest BCUT2D eigenvalue weighted by Gasteiger charge is 2.37. The van der Waals surface area contributed by atoms with Crippen molar-refractivity contribution in [3.63, 3.8) is 0 Å². The van der Waals surface area contributed by atoms with Gasteiger partial charge in [-0.3, -0.25) is 4.90 Å².